The van der Waals surface area contributed by atoms with Gasteiger partial charge in [0.15, 0.2) is 0 Å². The van der Waals surface area contributed by atoms with Crippen LogP contribution in [-0.4, -0.2) is 30.5 Å². The summed E-state index contributed by atoms with van der Waals surface area (Å²) in [5.41, 5.74) is 3.43. The lowest BCUT2D eigenvalue weighted by Crippen LogP contribution is -2.09. The Hall–Kier alpha value is -1.29. The lowest BCUT2D eigenvalue weighted by atomic mass is 10.1. The highest BCUT2D eigenvalue weighted by molar-refractivity contribution is 5.60. The van der Waals surface area contributed by atoms with E-state index in [1.54, 1.807) is 11.8 Å². The second kappa shape index (κ2) is 5.70. The fourth-order valence-corrected chi connectivity index (χ4v) is 1.77. The number of methoxy groups -OCH3 is 1. The normalized spacial score (nSPS) is 11.9. The number of rotatable bonds is 5. The van der Waals surface area contributed by atoms with Crippen LogP contribution >= 0.6 is 0 Å². The number of aryl methyl sites for hydroxylation is 2. The van der Waals surface area contributed by atoms with Gasteiger partial charge in [-0.05, 0) is 26.5 Å². The molecular formula is C12H21N3O. The second-order valence-electron chi connectivity index (χ2n) is 3.82. The molecule has 1 heterocycles. The maximum absolute atomic E-state index is 5.36. The van der Waals surface area contributed by atoms with Crippen molar-refractivity contribution in [1.82, 2.24) is 15.1 Å². The van der Waals surface area contributed by atoms with Crippen molar-refractivity contribution in [1.29, 1.82) is 0 Å². The number of hydrogen-bond donors (Lipinski definition) is 1. The molecule has 0 unspecified atom stereocenters. The van der Waals surface area contributed by atoms with E-state index >= 15 is 0 Å². The van der Waals surface area contributed by atoms with E-state index in [0.717, 1.165) is 30.1 Å². The Bertz CT molecular complexity index is 380. The molecule has 1 aromatic heterocycles. The predicted octanol–water partition coefficient (Wildman–Crippen LogP) is 1.75. The minimum Gasteiger partial charge on any atom is -0.481 e. The maximum Gasteiger partial charge on any atom is 0.218 e. The van der Waals surface area contributed by atoms with Gasteiger partial charge in [-0.15, -0.1) is 0 Å². The summed E-state index contributed by atoms with van der Waals surface area (Å²) < 4.78 is 7.13. The zero-order chi connectivity index (χ0) is 12.1. The molecule has 0 aliphatic rings. The number of nitrogens with one attached hydrogen (secondary N) is 1. The molecule has 0 spiro atoms. The highest BCUT2D eigenvalue weighted by Crippen LogP contribution is 2.24. The van der Waals surface area contributed by atoms with Crippen LogP contribution in [-0.2, 0) is 7.05 Å². The zero-order valence-corrected chi connectivity index (χ0v) is 10.8. The van der Waals surface area contributed by atoms with E-state index in [-0.39, 0.29) is 0 Å². The van der Waals surface area contributed by atoms with Crippen molar-refractivity contribution in [2.24, 2.45) is 7.05 Å². The fourth-order valence-electron chi connectivity index (χ4n) is 1.77. The topological polar surface area (TPSA) is 39.1 Å². The van der Waals surface area contributed by atoms with Gasteiger partial charge < -0.3 is 10.1 Å². The SMILES string of the molecule is CCC(=Cc1c(C)nn(C)c1OC)CNC. The largest absolute Gasteiger partial charge is 0.481 e. The van der Waals surface area contributed by atoms with Crippen molar-refractivity contribution >= 4 is 6.08 Å². The van der Waals surface area contributed by atoms with E-state index in [2.05, 4.69) is 23.4 Å². The highest BCUT2D eigenvalue weighted by atomic mass is 16.5. The molecule has 1 N–H and O–H groups in total. The van der Waals surface area contributed by atoms with Crippen LogP contribution in [0.1, 0.15) is 24.6 Å². The summed E-state index contributed by atoms with van der Waals surface area (Å²) in [6, 6.07) is 0. The molecule has 0 bridgehead atoms. The number of nitrogens with zero attached hydrogens (tertiary/aromatic N) is 2. The van der Waals surface area contributed by atoms with Gasteiger partial charge in [0, 0.05) is 13.6 Å². The van der Waals surface area contributed by atoms with Gasteiger partial charge in [0.1, 0.15) is 0 Å². The molecule has 4 nitrogen and oxygen atoms in total. The molecule has 90 valence electrons. The van der Waals surface area contributed by atoms with Crippen molar-refractivity contribution < 1.29 is 4.74 Å². The first kappa shape index (κ1) is 12.8. The molecule has 0 amide bonds. The van der Waals surface area contributed by atoms with Crippen molar-refractivity contribution in [3.05, 3.63) is 16.8 Å². The zero-order valence-electron chi connectivity index (χ0n) is 10.8. The van der Waals surface area contributed by atoms with E-state index in [9.17, 15) is 0 Å². The average molecular weight is 223 g/mol. The molecule has 0 radical (unpaired) electrons. The lowest BCUT2D eigenvalue weighted by molar-refractivity contribution is 0.372. The van der Waals surface area contributed by atoms with Crippen LogP contribution in [0.5, 0.6) is 5.88 Å². The lowest BCUT2D eigenvalue weighted by Gasteiger charge is -2.05. The van der Waals surface area contributed by atoms with Crippen molar-refractivity contribution in [3.63, 3.8) is 0 Å². The molecule has 0 saturated carbocycles. The Labute approximate surface area is 97.3 Å². The third kappa shape index (κ3) is 2.64. The summed E-state index contributed by atoms with van der Waals surface area (Å²) in [5.74, 6) is 0.819. The van der Waals surface area contributed by atoms with E-state index in [1.807, 2.05) is 21.0 Å². The van der Waals surface area contributed by atoms with Gasteiger partial charge in [0.2, 0.25) is 5.88 Å². The summed E-state index contributed by atoms with van der Waals surface area (Å²) in [7, 11) is 5.53. The Morgan fingerprint density at radius 1 is 1.56 bits per heavy atom. The molecule has 0 saturated heterocycles. The van der Waals surface area contributed by atoms with Crippen LogP contribution in [0.15, 0.2) is 5.57 Å². The Morgan fingerprint density at radius 3 is 2.75 bits per heavy atom. The number of aromatic nitrogens is 2. The summed E-state index contributed by atoms with van der Waals surface area (Å²) in [5, 5.41) is 7.52. The first-order valence-corrected chi connectivity index (χ1v) is 5.55. The summed E-state index contributed by atoms with van der Waals surface area (Å²) in [4.78, 5) is 0. The van der Waals surface area contributed by atoms with Gasteiger partial charge in [-0.1, -0.05) is 12.5 Å². The molecule has 1 rings (SSSR count). The van der Waals surface area contributed by atoms with Crippen molar-refractivity contribution in [2.45, 2.75) is 20.3 Å². The van der Waals surface area contributed by atoms with E-state index in [1.165, 1.54) is 5.57 Å². The molecule has 0 aliphatic heterocycles. The smallest absolute Gasteiger partial charge is 0.218 e. The number of ether oxygens (including phenoxy) is 1. The monoisotopic (exact) mass is 223 g/mol. The van der Waals surface area contributed by atoms with Gasteiger partial charge in [-0.25, -0.2) is 4.68 Å². The molecule has 1 aromatic rings. The van der Waals surface area contributed by atoms with E-state index < -0.39 is 0 Å². The Kier molecular flexibility index (Phi) is 4.55. The molecule has 0 aromatic carbocycles. The van der Waals surface area contributed by atoms with Gasteiger partial charge in [-0.3, -0.25) is 0 Å². The van der Waals surface area contributed by atoms with Crippen LogP contribution in [0.3, 0.4) is 0 Å². The predicted molar refractivity (Wildman–Crippen MR) is 66.7 cm³/mol. The van der Waals surface area contributed by atoms with E-state index in [0.29, 0.717) is 0 Å². The molecule has 16 heavy (non-hydrogen) atoms. The highest BCUT2D eigenvalue weighted by Gasteiger charge is 2.11. The minimum atomic E-state index is 0.819. The summed E-state index contributed by atoms with van der Waals surface area (Å²) in [6.07, 6.45) is 3.19. The van der Waals surface area contributed by atoms with Crippen LogP contribution in [0, 0.1) is 6.92 Å². The third-order valence-electron chi connectivity index (χ3n) is 2.61. The number of hydrogen-bond acceptors (Lipinski definition) is 3. The van der Waals surface area contributed by atoms with Crippen LogP contribution in [0.25, 0.3) is 6.08 Å². The minimum absolute atomic E-state index is 0.819. The fraction of sp³-hybridized carbons (Fsp3) is 0.583. The number of likely N-dealkylation sites (N-methyl/N-ethyl adjacent to an activating group) is 1. The van der Waals surface area contributed by atoms with Gasteiger partial charge in [0.05, 0.1) is 18.4 Å². The molecule has 0 aliphatic carbocycles. The Morgan fingerprint density at radius 2 is 2.25 bits per heavy atom. The first-order valence-electron chi connectivity index (χ1n) is 5.55. The van der Waals surface area contributed by atoms with Gasteiger partial charge in [0.25, 0.3) is 0 Å². The Balaban J connectivity index is 3.11. The quantitative estimate of drug-likeness (QED) is 0.826. The van der Waals surface area contributed by atoms with Crippen LogP contribution < -0.4 is 10.1 Å². The van der Waals surface area contributed by atoms with Crippen LogP contribution in [0.4, 0.5) is 0 Å². The average Bonchev–Trinajstić information content (AvgIpc) is 2.52. The summed E-state index contributed by atoms with van der Waals surface area (Å²) >= 11 is 0. The molecule has 4 heteroatoms. The summed E-state index contributed by atoms with van der Waals surface area (Å²) in [6.45, 7) is 5.05. The second-order valence-corrected chi connectivity index (χ2v) is 3.82. The van der Waals surface area contributed by atoms with Gasteiger partial charge in [-0.2, -0.15) is 5.10 Å². The van der Waals surface area contributed by atoms with Gasteiger partial charge >= 0.3 is 0 Å². The molecular weight excluding hydrogens is 202 g/mol. The maximum atomic E-state index is 5.36. The van der Waals surface area contributed by atoms with Crippen molar-refractivity contribution in [3.8, 4) is 5.88 Å². The molecule has 0 fully saturated rings. The standard InChI is InChI=1S/C12H21N3O/c1-6-10(8-13-3)7-11-9(2)14-15(4)12(11)16-5/h7,13H,6,8H2,1-5H3. The van der Waals surface area contributed by atoms with Crippen molar-refractivity contribution in [2.75, 3.05) is 20.7 Å². The third-order valence-corrected chi connectivity index (χ3v) is 2.61. The van der Waals surface area contributed by atoms with E-state index in [4.69, 9.17) is 4.74 Å². The first-order chi connectivity index (χ1) is 7.63. The molecule has 0 atom stereocenters. The van der Waals surface area contributed by atoms with Crippen LogP contribution in [0.2, 0.25) is 0 Å².